The molecule has 6 heteroatoms. The Balaban J connectivity index is 1.80. The second-order valence-electron chi connectivity index (χ2n) is 6.10. The Kier molecular flexibility index (Phi) is 5.32. The highest BCUT2D eigenvalue weighted by Gasteiger charge is 2.44. The van der Waals surface area contributed by atoms with Crippen LogP contribution in [0.2, 0.25) is 0 Å². The summed E-state index contributed by atoms with van der Waals surface area (Å²) in [5, 5.41) is 8.93. The van der Waals surface area contributed by atoms with Gasteiger partial charge in [0.1, 0.15) is 20.7 Å². The van der Waals surface area contributed by atoms with Crippen molar-refractivity contribution in [3.63, 3.8) is 0 Å². The van der Waals surface area contributed by atoms with Crippen LogP contribution in [-0.2, 0) is 20.7 Å². The predicted molar refractivity (Wildman–Crippen MR) is 109 cm³/mol. The van der Waals surface area contributed by atoms with Crippen molar-refractivity contribution in [2.45, 2.75) is 35.8 Å². The molecule has 1 aliphatic heterocycles. The van der Waals surface area contributed by atoms with Crippen molar-refractivity contribution in [3.05, 3.63) is 72.8 Å². The number of aliphatic hydroxyl groups is 1. The van der Waals surface area contributed by atoms with Gasteiger partial charge in [0.15, 0.2) is 14.7 Å². The lowest BCUT2D eigenvalue weighted by Crippen LogP contribution is -2.20. The molecule has 0 amide bonds. The van der Waals surface area contributed by atoms with Crippen molar-refractivity contribution in [1.29, 1.82) is 0 Å². The van der Waals surface area contributed by atoms with E-state index >= 15 is 0 Å². The molecule has 0 aliphatic carbocycles. The molecule has 3 nitrogen and oxygen atoms in total. The van der Waals surface area contributed by atoms with Gasteiger partial charge >= 0.3 is 0 Å². The number of benzene rings is 3. The molecule has 0 unspecified atom stereocenters. The summed E-state index contributed by atoms with van der Waals surface area (Å²) in [5.74, 6) is 0.880. The molecule has 0 radical (unpaired) electrons. The van der Waals surface area contributed by atoms with E-state index < -0.39 is 20.7 Å². The fraction of sp³-hybridized carbons (Fsp3) is 0.143. The lowest BCUT2D eigenvalue weighted by Gasteiger charge is -2.19. The van der Waals surface area contributed by atoms with Crippen LogP contribution in [0, 0.1) is 0 Å². The molecule has 0 saturated heterocycles. The first-order valence-electron chi connectivity index (χ1n) is 8.64. The van der Waals surface area contributed by atoms with Gasteiger partial charge in [0, 0.05) is 17.3 Å². The molecule has 0 aromatic heterocycles. The summed E-state index contributed by atoms with van der Waals surface area (Å²) in [7, 11) is -3.93. The Hall–Kier alpha value is -1.73. The maximum Gasteiger partial charge on any atom is 0.216 e. The number of thioether (sulfide) groups is 1. The molecular weight excluding hydrogens is 396 g/mol. The van der Waals surface area contributed by atoms with Crippen molar-refractivity contribution < 1.29 is 13.5 Å². The highest BCUT2D eigenvalue weighted by molar-refractivity contribution is 8.00. The fourth-order valence-corrected chi connectivity index (χ4v) is 8.63. The van der Waals surface area contributed by atoms with Gasteiger partial charge in [-0.05, 0) is 55.0 Å². The zero-order chi connectivity index (χ0) is 18.9. The normalized spacial score (nSPS) is 15.1. The third-order valence-corrected chi connectivity index (χ3v) is 9.91. The monoisotopic (exact) mass is 415 g/mol. The maximum atomic E-state index is 13.1. The molecule has 0 spiro atoms. The Morgan fingerprint density at radius 1 is 0.815 bits per heavy atom. The minimum absolute atomic E-state index is 0.205. The molecule has 27 heavy (non-hydrogen) atoms. The summed E-state index contributed by atoms with van der Waals surface area (Å²) in [6, 6.07) is 23.0. The number of sulfone groups is 1. The van der Waals surface area contributed by atoms with Gasteiger partial charge in [-0.25, -0.2) is 8.42 Å². The zero-order valence-corrected chi connectivity index (χ0v) is 17.0. The third kappa shape index (κ3) is 3.43. The molecule has 1 heterocycles. The summed E-state index contributed by atoms with van der Waals surface area (Å²) < 4.78 is 26.1. The number of aliphatic hydroxyl groups excluding tert-OH is 1. The molecule has 1 aliphatic rings. The molecule has 0 atom stereocenters. The van der Waals surface area contributed by atoms with E-state index in [9.17, 15) is 8.42 Å². The van der Waals surface area contributed by atoms with Gasteiger partial charge in [0.2, 0.25) is 9.84 Å². The van der Waals surface area contributed by atoms with E-state index in [1.165, 1.54) is 0 Å². The zero-order valence-electron chi connectivity index (χ0n) is 14.5. The second-order valence-corrected chi connectivity index (χ2v) is 11.1. The Bertz CT molecular complexity index is 1010. The summed E-state index contributed by atoms with van der Waals surface area (Å²) >= 11 is 1.72. The predicted octanol–water partition coefficient (Wildman–Crippen LogP) is 4.40. The van der Waals surface area contributed by atoms with E-state index in [1.54, 1.807) is 36.0 Å². The highest BCUT2D eigenvalue weighted by Crippen LogP contribution is 2.44. The molecule has 0 bridgehead atoms. The molecule has 3 aromatic rings. The Morgan fingerprint density at radius 3 is 1.93 bits per heavy atom. The Morgan fingerprint density at radius 2 is 1.37 bits per heavy atom. The van der Waals surface area contributed by atoms with Gasteiger partial charge < -0.3 is 5.11 Å². The van der Waals surface area contributed by atoms with Gasteiger partial charge in [-0.15, -0.1) is 11.8 Å². The van der Waals surface area contributed by atoms with Crippen molar-refractivity contribution in [1.82, 2.24) is 0 Å². The van der Waals surface area contributed by atoms with Crippen LogP contribution in [0.4, 0.5) is 0 Å². The van der Waals surface area contributed by atoms with Gasteiger partial charge in [0.05, 0.1) is 0 Å². The van der Waals surface area contributed by atoms with Crippen LogP contribution in [0.5, 0.6) is 0 Å². The average molecular weight is 416 g/mol. The van der Waals surface area contributed by atoms with Gasteiger partial charge in [-0.3, -0.25) is 0 Å². The van der Waals surface area contributed by atoms with Crippen LogP contribution in [0.15, 0.2) is 102 Å². The van der Waals surface area contributed by atoms with Crippen molar-refractivity contribution >= 4 is 32.5 Å². The topological polar surface area (TPSA) is 54.4 Å². The van der Waals surface area contributed by atoms with Crippen LogP contribution in [0.3, 0.4) is 0 Å². The van der Waals surface area contributed by atoms with Crippen LogP contribution in [-0.4, -0.2) is 25.9 Å². The molecular formula is C21H19O3S3+. The molecule has 4 rings (SSSR count). The lowest BCUT2D eigenvalue weighted by atomic mass is 10.3. The van der Waals surface area contributed by atoms with Crippen LogP contribution < -0.4 is 0 Å². The quantitative estimate of drug-likeness (QED) is 0.298. The summed E-state index contributed by atoms with van der Waals surface area (Å²) in [6.07, 6.45) is 0.773. The lowest BCUT2D eigenvalue weighted by molar-refractivity contribution is 0.296. The summed E-state index contributed by atoms with van der Waals surface area (Å²) in [5.41, 5.74) is 0. The number of hydrogen-bond donors (Lipinski definition) is 1. The summed E-state index contributed by atoms with van der Waals surface area (Å²) in [4.78, 5) is 4.80. The number of fused-ring (bicyclic) bond motifs is 2. The molecule has 1 N–H and O–H groups in total. The van der Waals surface area contributed by atoms with E-state index in [1.807, 2.05) is 24.3 Å². The van der Waals surface area contributed by atoms with Gasteiger partial charge in [0.25, 0.3) is 0 Å². The first-order valence-corrected chi connectivity index (χ1v) is 12.3. The SMILES string of the molecule is O=S1(=O)c2ccccc2[S+](c2ccc(SCCCO)cc2)c2ccccc21. The van der Waals surface area contributed by atoms with E-state index in [2.05, 4.69) is 24.3 Å². The van der Waals surface area contributed by atoms with Crippen molar-refractivity contribution in [2.75, 3.05) is 12.4 Å². The summed E-state index contributed by atoms with van der Waals surface area (Å²) in [6.45, 7) is 0.205. The van der Waals surface area contributed by atoms with E-state index in [-0.39, 0.29) is 6.61 Å². The molecule has 138 valence electrons. The first-order chi connectivity index (χ1) is 13.1. The van der Waals surface area contributed by atoms with E-state index in [0.717, 1.165) is 31.8 Å². The van der Waals surface area contributed by atoms with Crippen LogP contribution in [0.1, 0.15) is 6.42 Å². The van der Waals surface area contributed by atoms with Crippen molar-refractivity contribution in [3.8, 4) is 0 Å². The van der Waals surface area contributed by atoms with Gasteiger partial charge in [-0.1, -0.05) is 24.3 Å². The van der Waals surface area contributed by atoms with Crippen LogP contribution >= 0.6 is 11.8 Å². The fourth-order valence-electron chi connectivity index (χ4n) is 3.10. The number of hydrogen-bond acceptors (Lipinski definition) is 4. The van der Waals surface area contributed by atoms with Gasteiger partial charge in [-0.2, -0.15) is 0 Å². The van der Waals surface area contributed by atoms with Crippen molar-refractivity contribution in [2.24, 2.45) is 0 Å². The largest absolute Gasteiger partial charge is 0.396 e. The molecule has 0 fully saturated rings. The minimum atomic E-state index is -3.49. The minimum Gasteiger partial charge on any atom is -0.396 e. The first kappa shape index (κ1) is 18.6. The second kappa shape index (κ2) is 7.72. The molecule has 3 aromatic carbocycles. The standard InChI is InChI=1S/C21H19O3S3/c22-14-5-15-25-16-10-12-17(13-11-16)26-18-6-1-3-8-20(18)27(23,24)21-9-4-2-7-19(21)26/h1-4,6-13,22H,5,14-15H2/q+1. The van der Waals surface area contributed by atoms with E-state index in [4.69, 9.17) is 5.11 Å². The van der Waals surface area contributed by atoms with Crippen LogP contribution in [0.25, 0.3) is 0 Å². The third-order valence-electron chi connectivity index (χ3n) is 4.35. The highest BCUT2D eigenvalue weighted by atomic mass is 32.2. The maximum absolute atomic E-state index is 13.1. The number of rotatable bonds is 5. The van der Waals surface area contributed by atoms with E-state index in [0.29, 0.717) is 9.79 Å². The smallest absolute Gasteiger partial charge is 0.216 e. The Labute approximate surface area is 166 Å². The molecule has 0 saturated carbocycles. The average Bonchev–Trinajstić information content (AvgIpc) is 2.70.